The number of rotatable bonds is 5. The van der Waals surface area contributed by atoms with Crippen LogP contribution in [-0.4, -0.2) is 17.3 Å². The van der Waals surface area contributed by atoms with E-state index in [1.165, 1.54) is 0 Å². The summed E-state index contributed by atoms with van der Waals surface area (Å²) in [5.74, 6) is 0.740. The Morgan fingerprint density at radius 2 is 2.21 bits per heavy atom. The summed E-state index contributed by atoms with van der Waals surface area (Å²) in [5.41, 5.74) is -0.333. The van der Waals surface area contributed by atoms with Crippen LogP contribution in [-0.2, 0) is 4.74 Å². The number of allylic oxidation sites excluding steroid dienone is 8. The van der Waals surface area contributed by atoms with Gasteiger partial charge in [0.15, 0.2) is 11.4 Å². The van der Waals surface area contributed by atoms with Crippen molar-refractivity contribution in [3.8, 4) is 6.07 Å². The van der Waals surface area contributed by atoms with E-state index >= 15 is 0 Å². The molecule has 0 saturated carbocycles. The van der Waals surface area contributed by atoms with E-state index in [9.17, 15) is 10.4 Å². The van der Waals surface area contributed by atoms with Gasteiger partial charge >= 0.3 is 0 Å². The quantitative estimate of drug-likeness (QED) is 0.742. The van der Waals surface area contributed by atoms with Crippen LogP contribution in [0.2, 0.25) is 0 Å². The Hall–Kier alpha value is -2.41. The predicted molar refractivity (Wildman–Crippen MR) is 72.9 cm³/mol. The average molecular weight is 256 g/mol. The fourth-order valence-corrected chi connectivity index (χ4v) is 1.73. The molecule has 0 heterocycles. The van der Waals surface area contributed by atoms with Gasteiger partial charge in [-0.15, -0.1) is 0 Å². The molecule has 4 heteroatoms. The third-order valence-corrected chi connectivity index (χ3v) is 2.84. The van der Waals surface area contributed by atoms with Gasteiger partial charge in [-0.2, -0.15) is 5.26 Å². The SMILES string of the molecule is CC(C#N)(COC1=CCC=C1)NC(O)=C1C=CC=C1. The normalized spacial score (nSPS) is 18.9. The molecule has 2 N–H and O–H groups in total. The van der Waals surface area contributed by atoms with E-state index in [4.69, 9.17) is 4.74 Å². The van der Waals surface area contributed by atoms with E-state index < -0.39 is 5.54 Å². The zero-order valence-corrected chi connectivity index (χ0v) is 10.8. The van der Waals surface area contributed by atoms with Crippen molar-refractivity contribution in [2.75, 3.05) is 6.61 Å². The van der Waals surface area contributed by atoms with Gasteiger partial charge in [0.25, 0.3) is 0 Å². The number of ether oxygens (including phenoxy) is 1. The molecule has 0 saturated heterocycles. The van der Waals surface area contributed by atoms with E-state index in [-0.39, 0.29) is 12.5 Å². The lowest BCUT2D eigenvalue weighted by atomic mass is 10.1. The van der Waals surface area contributed by atoms with Gasteiger partial charge in [0.05, 0.1) is 6.07 Å². The van der Waals surface area contributed by atoms with Crippen LogP contribution in [0.3, 0.4) is 0 Å². The van der Waals surface area contributed by atoms with Gasteiger partial charge in [-0.1, -0.05) is 18.2 Å². The minimum Gasteiger partial charge on any atom is -0.494 e. The Balaban J connectivity index is 2.00. The highest BCUT2D eigenvalue weighted by molar-refractivity contribution is 5.41. The molecule has 0 amide bonds. The van der Waals surface area contributed by atoms with Crippen LogP contribution in [0.25, 0.3) is 0 Å². The van der Waals surface area contributed by atoms with Gasteiger partial charge in [0, 0.05) is 5.57 Å². The van der Waals surface area contributed by atoms with Gasteiger partial charge in [0.2, 0.25) is 0 Å². The first-order valence-corrected chi connectivity index (χ1v) is 6.10. The Labute approximate surface area is 112 Å². The van der Waals surface area contributed by atoms with Crippen LogP contribution in [0.5, 0.6) is 0 Å². The van der Waals surface area contributed by atoms with Crippen molar-refractivity contribution >= 4 is 0 Å². The number of hydrogen-bond acceptors (Lipinski definition) is 4. The standard InChI is InChI=1S/C15H16N2O2/c1-15(10-16,11-19-13-8-4-5-9-13)17-14(18)12-6-2-3-7-12/h2-4,6-9,17-18H,5,11H2,1H3. The summed E-state index contributed by atoms with van der Waals surface area (Å²) in [6.45, 7) is 1.84. The Morgan fingerprint density at radius 3 is 2.79 bits per heavy atom. The van der Waals surface area contributed by atoms with Crippen LogP contribution in [0.4, 0.5) is 0 Å². The van der Waals surface area contributed by atoms with Crippen molar-refractivity contribution < 1.29 is 9.84 Å². The van der Waals surface area contributed by atoms with Gasteiger partial charge in [-0.05, 0) is 37.6 Å². The van der Waals surface area contributed by atoms with Crippen LogP contribution >= 0.6 is 0 Å². The zero-order chi connectivity index (χ0) is 13.7. The number of nitriles is 1. The van der Waals surface area contributed by atoms with Gasteiger partial charge in [-0.3, -0.25) is 0 Å². The maximum absolute atomic E-state index is 9.94. The van der Waals surface area contributed by atoms with E-state index in [0.717, 1.165) is 12.2 Å². The maximum Gasteiger partial charge on any atom is 0.192 e. The molecule has 0 bridgehead atoms. The summed E-state index contributed by atoms with van der Waals surface area (Å²) in [6.07, 6.45) is 13.8. The van der Waals surface area contributed by atoms with E-state index in [0.29, 0.717) is 5.57 Å². The second-order valence-electron chi connectivity index (χ2n) is 4.62. The fraction of sp³-hybridized carbons (Fsp3) is 0.267. The third-order valence-electron chi connectivity index (χ3n) is 2.84. The lowest BCUT2D eigenvalue weighted by Crippen LogP contribution is -2.44. The molecule has 98 valence electrons. The summed E-state index contributed by atoms with van der Waals surface area (Å²) in [5, 5.41) is 22.0. The first-order chi connectivity index (χ1) is 9.13. The molecule has 0 aromatic heterocycles. The highest BCUT2D eigenvalue weighted by Crippen LogP contribution is 2.16. The Kier molecular flexibility index (Phi) is 3.76. The Bertz CT molecular complexity index is 533. The number of aliphatic hydroxyl groups is 1. The molecule has 0 fully saturated rings. The molecule has 0 radical (unpaired) electrons. The van der Waals surface area contributed by atoms with Gasteiger partial charge < -0.3 is 15.2 Å². The van der Waals surface area contributed by atoms with Crippen molar-refractivity contribution in [3.63, 3.8) is 0 Å². The fourth-order valence-electron chi connectivity index (χ4n) is 1.73. The topological polar surface area (TPSA) is 65.3 Å². The first-order valence-electron chi connectivity index (χ1n) is 6.10. The van der Waals surface area contributed by atoms with Crippen LogP contribution < -0.4 is 5.32 Å². The molecule has 19 heavy (non-hydrogen) atoms. The molecule has 2 rings (SSSR count). The molecule has 0 aromatic carbocycles. The highest BCUT2D eigenvalue weighted by atomic mass is 16.5. The van der Waals surface area contributed by atoms with Crippen LogP contribution in [0, 0.1) is 11.3 Å². The summed E-state index contributed by atoms with van der Waals surface area (Å²) >= 11 is 0. The van der Waals surface area contributed by atoms with Crippen molar-refractivity contribution in [1.82, 2.24) is 5.32 Å². The van der Waals surface area contributed by atoms with Gasteiger partial charge in [0.1, 0.15) is 12.4 Å². The molecule has 1 unspecified atom stereocenters. The molecule has 2 aliphatic rings. The monoisotopic (exact) mass is 256 g/mol. The molecule has 0 spiro atoms. The molecular formula is C15H16N2O2. The van der Waals surface area contributed by atoms with Gasteiger partial charge in [-0.25, -0.2) is 0 Å². The van der Waals surface area contributed by atoms with E-state index in [1.54, 1.807) is 19.1 Å². The summed E-state index contributed by atoms with van der Waals surface area (Å²) in [6, 6.07) is 2.13. The molecular weight excluding hydrogens is 240 g/mol. The summed E-state index contributed by atoms with van der Waals surface area (Å²) in [4.78, 5) is 0. The highest BCUT2D eigenvalue weighted by Gasteiger charge is 2.27. The lowest BCUT2D eigenvalue weighted by Gasteiger charge is -2.24. The molecule has 1 atom stereocenters. The summed E-state index contributed by atoms with van der Waals surface area (Å²) < 4.78 is 5.54. The smallest absolute Gasteiger partial charge is 0.192 e. The lowest BCUT2D eigenvalue weighted by molar-refractivity contribution is 0.160. The van der Waals surface area contributed by atoms with Crippen molar-refractivity contribution in [2.45, 2.75) is 18.9 Å². The average Bonchev–Trinajstić information content (AvgIpc) is 3.09. The molecule has 2 aliphatic carbocycles. The largest absolute Gasteiger partial charge is 0.494 e. The number of nitrogens with one attached hydrogen (secondary N) is 1. The van der Waals surface area contributed by atoms with E-state index in [1.807, 2.05) is 30.4 Å². The molecule has 0 aliphatic heterocycles. The maximum atomic E-state index is 9.94. The van der Waals surface area contributed by atoms with E-state index in [2.05, 4.69) is 11.4 Å². The predicted octanol–water partition coefficient (Wildman–Crippen LogP) is 2.61. The minimum absolute atomic E-state index is 0.0198. The van der Waals surface area contributed by atoms with Crippen LogP contribution in [0.15, 0.2) is 59.7 Å². The zero-order valence-electron chi connectivity index (χ0n) is 10.8. The molecule has 0 aromatic rings. The Morgan fingerprint density at radius 1 is 1.47 bits per heavy atom. The van der Waals surface area contributed by atoms with Crippen molar-refractivity contribution in [2.24, 2.45) is 0 Å². The number of aliphatic hydroxyl groups excluding tert-OH is 1. The minimum atomic E-state index is -0.987. The second-order valence-corrected chi connectivity index (χ2v) is 4.62. The number of nitrogens with zero attached hydrogens (tertiary/aromatic N) is 1. The first kappa shape index (κ1) is 13.0. The van der Waals surface area contributed by atoms with Crippen molar-refractivity contribution in [1.29, 1.82) is 5.26 Å². The van der Waals surface area contributed by atoms with Crippen LogP contribution in [0.1, 0.15) is 13.3 Å². The second kappa shape index (κ2) is 5.49. The third kappa shape index (κ3) is 3.29. The van der Waals surface area contributed by atoms with Crippen molar-refractivity contribution in [3.05, 3.63) is 59.7 Å². The number of hydrogen-bond donors (Lipinski definition) is 2. The summed E-state index contributed by atoms with van der Waals surface area (Å²) in [7, 11) is 0. The molecule has 4 nitrogen and oxygen atoms in total.